The van der Waals surface area contributed by atoms with Crippen molar-refractivity contribution in [3.63, 3.8) is 0 Å². The van der Waals surface area contributed by atoms with E-state index < -0.39 is 5.60 Å². The van der Waals surface area contributed by atoms with Crippen molar-refractivity contribution in [2.45, 2.75) is 52.4 Å². The Morgan fingerprint density at radius 2 is 1.97 bits per heavy atom. The number of hydrogen-bond donors (Lipinski definition) is 0. The second-order valence-corrected chi connectivity index (χ2v) is 10.2. The molecule has 0 spiro atoms. The van der Waals surface area contributed by atoms with Crippen molar-refractivity contribution in [2.24, 2.45) is 0 Å². The molecule has 1 amide bonds. The monoisotopic (exact) mass is 499 g/mol. The summed E-state index contributed by atoms with van der Waals surface area (Å²) in [6.07, 6.45) is 4.42. The van der Waals surface area contributed by atoms with Gasteiger partial charge in [-0.1, -0.05) is 6.07 Å². The largest absolute Gasteiger partial charge is 0.469 e. The molecule has 0 radical (unpaired) electrons. The van der Waals surface area contributed by atoms with Gasteiger partial charge in [0.1, 0.15) is 29.1 Å². The van der Waals surface area contributed by atoms with Gasteiger partial charge in [-0.05, 0) is 58.4 Å². The van der Waals surface area contributed by atoms with Crippen molar-refractivity contribution in [3.8, 4) is 23.1 Å². The molecule has 0 saturated carbocycles. The summed E-state index contributed by atoms with van der Waals surface area (Å²) in [5.41, 5.74) is 4.00. The van der Waals surface area contributed by atoms with Crippen molar-refractivity contribution in [2.75, 3.05) is 13.1 Å². The van der Waals surface area contributed by atoms with Crippen LogP contribution < -0.4 is 4.74 Å². The topological polar surface area (TPSA) is 111 Å². The number of nitriles is 1. The third kappa shape index (κ3) is 4.72. The second-order valence-electron chi connectivity index (χ2n) is 10.2. The van der Waals surface area contributed by atoms with Crippen LogP contribution in [0.5, 0.6) is 5.88 Å². The summed E-state index contributed by atoms with van der Waals surface area (Å²) in [7, 11) is 0. The van der Waals surface area contributed by atoms with Gasteiger partial charge in [0, 0.05) is 36.6 Å². The molecule has 5 rings (SSSR count). The van der Waals surface area contributed by atoms with Gasteiger partial charge in [0.2, 0.25) is 5.88 Å². The number of nitrogens with zero attached hydrogens (tertiary/aromatic N) is 7. The van der Waals surface area contributed by atoms with Crippen LogP contribution in [-0.2, 0) is 4.74 Å². The SMILES string of the molecule is Cc1c(-c2cc(O[C@H](C)c3ccccn3)n3c(C#N)cnc3c2)cnn1C1CN(C(=O)OC(C)(C)C)C1. The van der Waals surface area contributed by atoms with Crippen molar-refractivity contribution < 1.29 is 14.3 Å². The van der Waals surface area contributed by atoms with Crippen LogP contribution in [0.2, 0.25) is 0 Å². The Hall–Kier alpha value is -4.39. The lowest BCUT2D eigenvalue weighted by atomic mass is 10.1. The summed E-state index contributed by atoms with van der Waals surface area (Å²) in [5.74, 6) is 0.492. The lowest BCUT2D eigenvalue weighted by molar-refractivity contribution is -0.000653. The Bertz CT molecular complexity index is 1490. The third-order valence-corrected chi connectivity index (χ3v) is 6.30. The maximum absolute atomic E-state index is 12.3. The van der Waals surface area contributed by atoms with Crippen molar-refractivity contribution in [1.29, 1.82) is 5.26 Å². The molecule has 5 heterocycles. The fourth-order valence-electron chi connectivity index (χ4n) is 4.42. The van der Waals surface area contributed by atoms with Gasteiger partial charge < -0.3 is 14.4 Å². The van der Waals surface area contributed by atoms with E-state index in [1.807, 2.05) is 75.8 Å². The van der Waals surface area contributed by atoms with Gasteiger partial charge in [0.25, 0.3) is 0 Å². The summed E-state index contributed by atoms with van der Waals surface area (Å²) in [5, 5.41) is 14.3. The molecule has 0 bridgehead atoms. The Labute approximate surface area is 215 Å². The number of aromatic nitrogens is 5. The molecule has 4 aromatic heterocycles. The first-order valence-electron chi connectivity index (χ1n) is 12.2. The summed E-state index contributed by atoms with van der Waals surface area (Å²) >= 11 is 0. The molecular formula is C27H29N7O3. The highest BCUT2D eigenvalue weighted by atomic mass is 16.6. The normalized spacial score (nSPS) is 14.8. The van der Waals surface area contributed by atoms with Crippen LogP contribution in [0.1, 0.15) is 56.9 Å². The van der Waals surface area contributed by atoms with Crippen LogP contribution in [0.3, 0.4) is 0 Å². The van der Waals surface area contributed by atoms with Crippen molar-refractivity contribution in [3.05, 3.63) is 66.0 Å². The van der Waals surface area contributed by atoms with E-state index in [9.17, 15) is 10.1 Å². The van der Waals surface area contributed by atoms with Crippen molar-refractivity contribution in [1.82, 2.24) is 29.0 Å². The number of pyridine rings is 2. The summed E-state index contributed by atoms with van der Waals surface area (Å²) < 4.78 is 15.4. The molecule has 4 aromatic rings. The van der Waals surface area contributed by atoms with Gasteiger partial charge >= 0.3 is 6.09 Å². The van der Waals surface area contributed by atoms with E-state index in [2.05, 4.69) is 21.1 Å². The zero-order chi connectivity index (χ0) is 26.3. The molecule has 1 fully saturated rings. The highest BCUT2D eigenvalue weighted by Gasteiger charge is 2.36. The minimum absolute atomic E-state index is 0.0708. The average molecular weight is 500 g/mol. The summed E-state index contributed by atoms with van der Waals surface area (Å²) in [6, 6.07) is 11.7. The molecule has 1 aliphatic heterocycles. The number of fused-ring (bicyclic) bond motifs is 1. The van der Waals surface area contributed by atoms with Crippen LogP contribution in [0.15, 0.2) is 48.9 Å². The Morgan fingerprint density at radius 1 is 1.19 bits per heavy atom. The molecule has 1 saturated heterocycles. The minimum Gasteiger partial charge on any atom is -0.469 e. The Kier molecular flexibility index (Phi) is 6.07. The van der Waals surface area contributed by atoms with E-state index in [1.165, 1.54) is 6.20 Å². The van der Waals surface area contributed by atoms with E-state index in [0.29, 0.717) is 30.3 Å². The minimum atomic E-state index is -0.526. The molecule has 0 aromatic carbocycles. The first kappa shape index (κ1) is 24.3. The van der Waals surface area contributed by atoms with E-state index in [1.54, 1.807) is 15.5 Å². The zero-order valence-corrected chi connectivity index (χ0v) is 21.5. The van der Waals surface area contributed by atoms with Crippen LogP contribution in [0.25, 0.3) is 16.8 Å². The predicted octanol–water partition coefficient (Wildman–Crippen LogP) is 4.70. The zero-order valence-electron chi connectivity index (χ0n) is 21.5. The lowest BCUT2D eigenvalue weighted by Gasteiger charge is -2.40. The van der Waals surface area contributed by atoms with Crippen LogP contribution in [0, 0.1) is 18.3 Å². The third-order valence-electron chi connectivity index (χ3n) is 6.30. The van der Waals surface area contributed by atoms with Gasteiger partial charge in [-0.2, -0.15) is 10.4 Å². The molecule has 37 heavy (non-hydrogen) atoms. The summed E-state index contributed by atoms with van der Waals surface area (Å²) in [6.45, 7) is 10.6. The highest BCUT2D eigenvalue weighted by molar-refractivity contribution is 5.72. The van der Waals surface area contributed by atoms with Gasteiger partial charge in [-0.15, -0.1) is 0 Å². The number of carbonyl (C=O) groups excluding carboxylic acids is 1. The fourth-order valence-corrected chi connectivity index (χ4v) is 4.42. The number of rotatable bonds is 5. The van der Waals surface area contributed by atoms with Crippen LogP contribution in [0.4, 0.5) is 4.79 Å². The average Bonchev–Trinajstić information content (AvgIpc) is 3.41. The molecule has 1 aliphatic rings. The first-order valence-corrected chi connectivity index (χ1v) is 12.2. The van der Waals surface area contributed by atoms with Crippen molar-refractivity contribution >= 4 is 11.7 Å². The van der Waals surface area contributed by atoms with Gasteiger partial charge in [-0.25, -0.2) is 9.78 Å². The lowest BCUT2D eigenvalue weighted by Crippen LogP contribution is -2.52. The summed E-state index contributed by atoms with van der Waals surface area (Å²) in [4.78, 5) is 22.8. The molecule has 190 valence electrons. The van der Waals surface area contributed by atoms with E-state index in [4.69, 9.17) is 9.47 Å². The number of ether oxygens (including phenoxy) is 2. The predicted molar refractivity (Wildman–Crippen MR) is 136 cm³/mol. The maximum atomic E-state index is 12.3. The molecular weight excluding hydrogens is 470 g/mol. The Balaban J connectivity index is 1.43. The highest BCUT2D eigenvalue weighted by Crippen LogP contribution is 2.33. The molecule has 10 heteroatoms. The van der Waals surface area contributed by atoms with Crippen LogP contribution >= 0.6 is 0 Å². The van der Waals surface area contributed by atoms with Gasteiger partial charge in [0.15, 0.2) is 0 Å². The maximum Gasteiger partial charge on any atom is 0.410 e. The van der Waals surface area contributed by atoms with Gasteiger partial charge in [-0.3, -0.25) is 14.1 Å². The van der Waals surface area contributed by atoms with Crippen LogP contribution in [-0.4, -0.2) is 53.8 Å². The smallest absolute Gasteiger partial charge is 0.410 e. The van der Waals surface area contributed by atoms with E-state index >= 15 is 0 Å². The van der Waals surface area contributed by atoms with E-state index in [0.717, 1.165) is 22.5 Å². The van der Waals surface area contributed by atoms with E-state index in [-0.39, 0.29) is 18.2 Å². The fraction of sp³-hybridized carbons (Fsp3) is 0.370. The Morgan fingerprint density at radius 3 is 2.65 bits per heavy atom. The number of amides is 1. The standard InChI is InChI=1S/C27H29N7O3/c1-17-22(14-31-34(17)21-15-32(16-21)26(35)37-27(3,4)5)19-10-24-30-13-20(12-28)33(24)25(11-19)36-18(2)23-8-6-7-9-29-23/h6-11,13-14,18,21H,15-16H2,1-5H3/t18-/m1/s1. The molecule has 0 unspecified atom stereocenters. The molecule has 1 atom stereocenters. The molecule has 0 aliphatic carbocycles. The van der Waals surface area contributed by atoms with Gasteiger partial charge in [0.05, 0.1) is 24.1 Å². The molecule has 10 nitrogen and oxygen atoms in total. The number of carbonyl (C=O) groups is 1. The second kappa shape index (κ2) is 9.24. The number of likely N-dealkylation sites (tertiary alicyclic amines) is 1. The number of hydrogen-bond acceptors (Lipinski definition) is 7. The molecule has 0 N–H and O–H groups in total. The first-order chi connectivity index (χ1) is 17.6. The number of imidazole rings is 1. The quantitative estimate of drug-likeness (QED) is 0.391.